The van der Waals surface area contributed by atoms with Gasteiger partial charge in [-0.2, -0.15) is 5.10 Å². The number of nitrogens with zero attached hydrogens (tertiary/aromatic N) is 4. The Morgan fingerprint density at radius 2 is 2.41 bits per heavy atom. The monoisotopic (exact) mass is 320 g/mol. The Hall–Kier alpha value is -1.73. The number of aromatic nitrogens is 3. The van der Waals surface area contributed by atoms with Crippen LogP contribution in [0.3, 0.4) is 0 Å². The highest BCUT2D eigenvalue weighted by molar-refractivity contribution is 7.09. The number of ether oxygens (including phenoxy) is 1. The zero-order chi connectivity index (χ0) is 15.4. The summed E-state index contributed by atoms with van der Waals surface area (Å²) in [6.45, 7) is 5.17. The summed E-state index contributed by atoms with van der Waals surface area (Å²) < 4.78 is 6.92. The first-order valence-electron chi connectivity index (χ1n) is 7.57. The van der Waals surface area contributed by atoms with Crippen LogP contribution in [0.4, 0.5) is 0 Å². The summed E-state index contributed by atoms with van der Waals surface area (Å²) >= 11 is 1.69. The van der Waals surface area contributed by atoms with Crippen LogP contribution in [0.15, 0.2) is 24.1 Å². The lowest BCUT2D eigenvalue weighted by Gasteiger charge is -2.32. The summed E-state index contributed by atoms with van der Waals surface area (Å²) in [5.74, 6) is -0.300. The van der Waals surface area contributed by atoms with Gasteiger partial charge in [0.15, 0.2) is 0 Å². The molecule has 1 fully saturated rings. The maximum Gasteiger partial charge on any atom is 0.341 e. The molecule has 6 nitrogen and oxygen atoms in total. The van der Waals surface area contributed by atoms with Crippen molar-refractivity contribution < 1.29 is 9.53 Å². The van der Waals surface area contributed by atoms with E-state index in [1.165, 1.54) is 4.88 Å². The summed E-state index contributed by atoms with van der Waals surface area (Å²) in [6.07, 6.45) is 7.56. The van der Waals surface area contributed by atoms with Gasteiger partial charge < -0.3 is 4.74 Å². The second-order valence-corrected chi connectivity index (χ2v) is 6.40. The van der Waals surface area contributed by atoms with E-state index in [4.69, 9.17) is 4.74 Å². The number of rotatable bonds is 5. The summed E-state index contributed by atoms with van der Waals surface area (Å²) in [5.41, 5.74) is 2.40. The molecular formula is C15H20N4O2S. The largest absolute Gasteiger partial charge is 0.462 e. The third-order valence-electron chi connectivity index (χ3n) is 3.83. The van der Waals surface area contributed by atoms with Gasteiger partial charge in [0, 0.05) is 30.4 Å². The molecule has 1 saturated heterocycles. The first kappa shape index (κ1) is 15.2. The Labute approximate surface area is 133 Å². The molecule has 2 aromatic rings. The van der Waals surface area contributed by atoms with Crippen molar-refractivity contribution in [2.45, 2.75) is 32.4 Å². The Balaban J connectivity index is 1.63. The molecule has 22 heavy (non-hydrogen) atoms. The van der Waals surface area contributed by atoms with Gasteiger partial charge in [-0.1, -0.05) is 0 Å². The molecular weight excluding hydrogens is 300 g/mol. The van der Waals surface area contributed by atoms with Crippen LogP contribution in [0.1, 0.15) is 41.0 Å². The number of esters is 1. The van der Waals surface area contributed by atoms with Gasteiger partial charge in [0.2, 0.25) is 0 Å². The first-order valence-corrected chi connectivity index (χ1v) is 8.45. The summed E-state index contributed by atoms with van der Waals surface area (Å²) in [7, 11) is 0. The van der Waals surface area contributed by atoms with Crippen molar-refractivity contribution in [2.75, 3.05) is 19.7 Å². The zero-order valence-electron chi connectivity index (χ0n) is 12.6. The van der Waals surface area contributed by atoms with E-state index in [0.29, 0.717) is 18.2 Å². The second-order valence-electron chi connectivity index (χ2n) is 5.43. The van der Waals surface area contributed by atoms with Crippen molar-refractivity contribution in [3.63, 3.8) is 0 Å². The van der Waals surface area contributed by atoms with E-state index in [1.54, 1.807) is 30.7 Å². The van der Waals surface area contributed by atoms with E-state index in [0.717, 1.165) is 32.5 Å². The summed E-state index contributed by atoms with van der Waals surface area (Å²) in [4.78, 5) is 19.6. The predicted molar refractivity (Wildman–Crippen MR) is 83.8 cm³/mol. The van der Waals surface area contributed by atoms with Crippen LogP contribution < -0.4 is 0 Å². The number of carbonyl (C=O) groups excluding carboxylic acids is 1. The molecule has 1 aliphatic heterocycles. The van der Waals surface area contributed by atoms with Gasteiger partial charge in [0.1, 0.15) is 0 Å². The van der Waals surface area contributed by atoms with Gasteiger partial charge in [0.05, 0.1) is 29.9 Å². The molecule has 1 atom stereocenters. The summed E-state index contributed by atoms with van der Waals surface area (Å²) in [5, 5.41) is 4.35. The van der Waals surface area contributed by atoms with E-state index < -0.39 is 0 Å². The Kier molecular flexibility index (Phi) is 4.84. The van der Waals surface area contributed by atoms with Gasteiger partial charge in [0.25, 0.3) is 0 Å². The minimum absolute atomic E-state index is 0.300. The third kappa shape index (κ3) is 3.53. The van der Waals surface area contributed by atoms with E-state index in [-0.39, 0.29) is 5.97 Å². The van der Waals surface area contributed by atoms with Crippen molar-refractivity contribution >= 4 is 17.3 Å². The predicted octanol–water partition coefficient (Wildman–Crippen LogP) is 2.35. The number of piperidine rings is 1. The van der Waals surface area contributed by atoms with E-state index in [1.807, 2.05) is 16.4 Å². The minimum atomic E-state index is -0.300. The van der Waals surface area contributed by atoms with Crippen LogP contribution in [0.5, 0.6) is 0 Å². The van der Waals surface area contributed by atoms with Gasteiger partial charge in [-0.3, -0.25) is 14.6 Å². The fraction of sp³-hybridized carbons (Fsp3) is 0.533. The van der Waals surface area contributed by atoms with Crippen molar-refractivity contribution in [1.82, 2.24) is 19.7 Å². The molecule has 0 bridgehead atoms. The normalized spacial score (nSPS) is 19.2. The van der Waals surface area contributed by atoms with Crippen LogP contribution in [-0.4, -0.2) is 45.3 Å². The topological polar surface area (TPSA) is 60.2 Å². The van der Waals surface area contributed by atoms with Gasteiger partial charge >= 0.3 is 5.97 Å². The molecule has 1 aliphatic rings. The molecule has 0 radical (unpaired) electrons. The van der Waals surface area contributed by atoms with Crippen LogP contribution in [0, 0.1) is 0 Å². The van der Waals surface area contributed by atoms with Gasteiger partial charge in [-0.15, -0.1) is 11.3 Å². The number of likely N-dealkylation sites (tertiary alicyclic amines) is 1. The fourth-order valence-corrected chi connectivity index (χ4v) is 3.42. The molecule has 0 saturated carbocycles. The van der Waals surface area contributed by atoms with Crippen LogP contribution in [-0.2, 0) is 11.3 Å². The van der Waals surface area contributed by atoms with Gasteiger partial charge in [-0.05, 0) is 26.3 Å². The Morgan fingerprint density at radius 1 is 1.50 bits per heavy atom. The van der Waals surface area contributed by atoms with E-state index in [2.05, 4.69) is 15.0 Å². The van der Waals surface area contributed by atoms with Crippen LogP contribution in [0.25, 0.3) is 0 Å². The maximum absolute atomic E-state index is 11.7. The lowest BCUT2D eigenvalue weighted by atomic mass is 10.1. The average molecular weight is 320 g/mol. The lowest BCUT2D eigenvalue weighted by molar-refractivity contribution is 0.0526. The first-order chi connectivity index (χ1) is 10.8. The number of carbonyl (C=O) groups is 1. The Bertz CT molecular complexity index is 611. The van der Waals surface area contributed by atoms with Crippen molar-refractivity contribution in [3.8, 4) is 0 Å². The van der Waals surface area contributed by atoms with Crippen molar-refractivity contribution in [3.05, 3.63) is 34.5 Å². The van der Waals surface area contributed by atoms with Crippen molar-refractivity contribution in [1.29, 1.82) is 0 Å². The summed E-state index contributed by atoms with van der Waals surface area (Å²) in [6, 6.07) is 0.310. The second kappa shape index (κ2) is 7.02. The number of hydrogen-bond donors (Lipinski definition) is 0. The minimum Gasteiger partial charge on any atom is -0.462 e. The molecule has 0 N–H and O–H groups in total. The smallest absolute Gasteiger partial charge is 0.341 e. The molecule has 0 aliphatic carbocycles. The van der Waals surface area contributed by atoms with Gasteiger partial charge in [-0.25, -0.2) is 4.79 Å². The van der Waals surface area contributed by atoms with Crippen LogP contribution in [0.2, 0.25) is 0 Å². The molecule has 3 heterocycles. The molecule has 118 valence electrons. The average Bonchev–Trinajstić information content (AvgIpc) is 3.19. The quantitative estimate of drug-likeness (QED) is 0.792. The van der Waals surface area contributed by atoms with Crippen LogP contribution >= 0.6 is 11.3 Å². The molecule has 0 spiro atoms. The number of hydrogen-bond acceptors (Lipinski definition) is 6. The highest BCUT2D eigenvalue weighted by atomic mass is 32.1. The molecule has 2 aromatic heterocycles. The lowest BCUT2D eigenvalue weighted by Crippen LogP contribution is -2.36. The molecule has 7 heteroatoms. The number of thiazole rings is 1. The highest BCUT2D eigenvalue weighted by Gasteiger charge is 2.23. The highest BCUT2D eigenvalue weighted by Crippen LogP contribution is 2.23. The SMILES string of the molecule is CCOC(=O)c1cnn(C2CCCN(Cc3cncs3)C2)c1. The molecule has 0 amide bonds. The third-order valence-corrected chi connectivity index (χ3v) is 4.59. The maximum atomic E-state index is 11.7. The molecule has 1 unspecified atom stereocenters. The zero-order valence-corrected chi connectivity index (χ0v) is 13.5. The molecule has 0 aromatic carbocycles. The molecule has 3 rings (SSSR count). The van der Waals surface area contributed by atoms with Crippen molar-refractivity contribution in [2.24, 2.45) is 0 Å². The fourth-order valence-electron chi connectivity index (χ4n) is 2.79. The van der Waals surface area contributed by atoms with E-state index >= 15 is 0 Å². The standard InChI is InChI=1S/C15H20N4O2S/c1-2-21-15(20)12-6-17-19(8-12)13-4-3-5-18(9-13)10-14-7-16-11-22-14/h6-8,11,13H,2-5,9-10H2,1H3. The Morgan fingerprint density at radius 3 is 3.18 bits per heavy atom. The van der Waals surface area contributed by atoms with E-state index in [9.17, 15) is 4.79 Å².